The average molecular weight is 1340 g/mol. The van der Waals surface area contributed by atoms with Gasteiger partial charge in [0.1, 0.15) is 17.5 Å². The highest BCUT2D eigenvalue weighted by Crippen LogP contribution is 2.41. The normalized spacial score (nSPS) is 14.3. The highest BCUT2D eigenvalue weighted by Gasteiger charge is 2.32. The van der Waals surface area contributed by atoms with Crippen LogP contribution in [0.3, 0.4) is 0 Å². The molecule has 30 heteroatoms. The average Bonchev–Trinajstić information content (AvgIpc) is 1.65. The number of nitrogens with one attached hydrogen (secondary N) is 9. The number of H-pyrrole nitrogens is 1. The fourth-order valence-corrected chi connectivity index (χ4v) is 10.9. The second-order valence-corrected chi connectivity index (χ2v) is 23.5. The Balaban J connectivity index is 0.710. The van der Waals surface area contributed by atoms with E-state index in [1.165, 1.54) is 36.4 Å². The Hall–Kier alpha value is -9.85. The van der Waals surface area contributed by atoms with Crippen molar-refractivity contribution in [1.29, 1.82) is 0 Å². The van der Waals surface area contributed by atoms with E-state index in [0.29, 0.717) is 91.9 Å². The highest BCUT2D eigenvalue weighted by atomic mass is 16.6. The van der Waals surface area contributed by atoms with E-state index < -0.39 is 59.7 Å². The second-order valence-electron chi connectivity index (χ2n) is 23.5. The quantitative estimate of drug-likeness (QED) is 0.0201. The Morgan fingerprint density at radius 2 is 1.26 bits per heavy atom. The molecule has 0 bridgehead atoms. The molecule has 2 atom stereocenters. The zero-order chi connectivity index (χ0) is 69.2. The number of aromatic amines is 1. The predicted octanol–water partition coefficient (Wildman–Crippen LogP) is 2.13. The number of likely N-dealkylation sites (N-methyl/N-ethyl adjacent to an activating group) is 1. The number of piperazine rings is 1. The monoisotopic (exact) mass is 1340 g/mol. The molecule has 0 radical (unpaired) electrons. The number of anilines is 3. The summed E-state index contributed by atoms with van der Waals surface area (Å²) in [5, 5.41) is 24.3. The SMILES string of the molecule is CC(C)C(NCC(=O)NCCNC(=O)CCOCCOCCOCCOCCNC(=O)CCN1C(=O)C=CC1=O)C(=O)NC(CCCNC(N)=O)C(=O)Nc1ccc(C(=O)Nc2ccc3[nH]c(C(=O)N4CCc5c4cc(OC(=O)N4CCN(C)CC4)c4ccccc54)cc3c2)cc1. The lowest BCUT2D eigenvalue weighted by atomic mass is 10.0. The molecule has 3 aliphatic rings. The number of hydrogen-bond donors (Lipinski definition) is 10. The summed E-state index contributed by atoms with van der Waals surface area (Å²) in [5.74, 6) is -3.69. The molecule has 1 fully saturated rings. The minimum absolute atomic E-state index is 0.00345. The fraction of sp³-hybridized carbons (Fsp3) is 0.448. The molecule has 97 heavy (non-hydrogen) atoms. The number of imide groups is 1. The fourth-order valence-electron chi connectivity index (χ4n) is 10.9. The van der Waals surface area contributed by atoms with E-state index in [2.05, 4.69) is 52.4 Å². The Labute approximate surface area is 560 Å². The minimum atomic E-state index is -1.10. The summed E-state index contributed by atoms with van der Waals surface area (Å²) in [4.78, 5) is 150. The van der Waals surface area contributed by atoms with E-state index in [1.807, 2.05) is 31.3 Å². The van der Waals surface area contributed by atoms with Crippen molar-refractivity contribution in [2.75, 3.05) is 147 Å². The van der Waals surface area contributed by atoms with Gasteiger partial charge in [-0.3, -0.25) is 53.4 Å². The Morgan fingerprint density at radius 1 is 0.629 bits per heavy atom. The largest absolute Gasteiger partial charge is 0.415 e. The van der Waals surface area contributed by atoms with Crippen molar-refractivity contribution in [2.24, 2.45) is 11.7 Å². The third kappa shape index (κ3) is 22.1. The number of fused-ring (bicyclic) bond motifs is 4. The number of aromatic nitrogens is 1. The van der Waals surface area contributed by atoms with Crippen LogP contribution in [0.1, 0.15) is 65.9 Å². The minimum Gasteiger partial charge on any atom is -0.409 e. The van der Waals surface area contributed by atoms with Gasteiger partial charge in [0.2, 0.25) is 29.5 Å². The molecule has 8 rings (SSSR count). The molecule has 4 aromatic carbocycles. The van der Waals surface area contributed by atoms with Gasteiger partial charge in [0.25, 0.3) is 23.6 Å². The van der Waals surface area contributed by atoms with E-state index >= 15 is 0 Å². The summed E-state index contributed by atoms with van der Waals surface area (Å²) in [6.45, 7) is 9.20. The number of nitrogens with zero attached hydrogens (tertiary/aromatic N) is 4. The van der Waals surface area contributed by atoms with Gasteiger partial charge >= 0.3 is 12.1 Å². The predicted molar refractivity (Wildman–Crippen MR) is 359 cm³/mol. The van der Waals surface area contributed by atoms with Gasteiger partial charge in [-0.2, -0.15) is 0 Å². The van der Waals surface area contributed by atoms with Crippen molar-refractivity contribution < 1.29 is 76.4 Å². The first kappa shape index (κ1) is 73.0. The van der Waals surface area contributed by atoms with Crippen LogP contribution in [0.4, 0.5) is 26.7 Å². The molecular formula is C67H86N14O16. The molecule has 520 valence electrons. The Bertz CT molecular complexity index is 3630. The van der Waals surface area contributed by atoms with E-state index in [0.717, 1.165) is 34.3 Å². The van der Waals surface area contributed by atoms with Gasteiger partial charge in [-0.25, -0.2) is 9.59 Å². The van der Waals surface area contributed by atoms with Crippen LogP contribution in [-0.2, 0) is 58.9 Å². The molecule has 1 aromatic heterocycles. The molecule has 0 aliphatic carbocycles. The second kappa shape index (κ2) is 36.9. The van der Waals surface area contributed by atoms with Crippen LogP contribution in [0.25, 0.3) is 21.7 Å². The summed E-state index contributed by atoms with van der Waals surface area (Å²) < 4.78 is 27.8. The summed E-state index contributed by atoms with van der Waals surface area (Å²) >= 11 is 0. The number of hydrogen-bond acceptors (Lipinski definition) is 18. The molecule has 11 N–H and O–H groups in total. The zero-order valence-electron chi connectivity index (χ0n) is 54.8. The summed E-state index contributed by atoms with van der Waals surface area (Å²) in [7, 11) is 2.01. The maximum absolute atomic E-state index is 14.3. The number of urea groups is 1. The molecule has 30 nitrogen and oxygen atoms in total. The van der Waals surface area contributed by atoms with Crippen molar-refractivity contribution >= 4 is 104 Å². The number of benzene rings is 4. The smallest absolute Gasteiger partial charge is 0.409 e. The summed E-state index contributed by atoms with van der Waals surface area (Å²) in [6.07, 6.45) is 2.96. The van der Waals surface area contributed by atoms with Crippen LogP contribution in [-0.4, -0.2) is 229 Å². The van der Waals surface area contributed by atoms with Gasteiger partial charge in [0.05, 0.1) is 71.1 Å². The number of carbonyl (C=O) groups excluding carboxylic acids is 11. The van der Waals surface area contributed by atoms with E-state index in [1.54, 1.807) is 54.0 Å². The molecule has 0 saturated carbocycles. The van der Waals surface area contributed by atoms with Crippen molar-refractivity contribution in [2.45, 2.75) is 58.0 Å². The van der Waals surface area contributed by atoms with Gasteiger partial charge in [0, 0.05) is 130 Å². The maximum Gasteiger partial charge on any atom is 0.415 e. The van der Waals surface area contributed by atoms with Gasteiger partial charge in [0.15, 0.2) is 0 Å². The first-order chi connectivity index (χ1) is 46.8. The number of rotatable bonds is 37. The molecule has 2 unspecified atom stereocenters. The molecule has 12 amide bonds. The number of nitrogens with two attached hydrogens (primary N) is 1. The molecule has 0 spiro atoms. The van der Waals surface area contributed by atoms with Crippen LogP contribution in [0.2, 0.25) is 0 Å². The maximum atomic E-state index is 14.3. The molecule has 5 aromatic rings. The number of primary amides is 1. The lowest BCUT2D eigenvalue weighted by Crippen LogP contribution is -2.55. The molecular weight excluding hydrogens is 1260 g/mol. The Morgan fingerprint density at radius 3 is 1.94 bits per heavy atom. The summed E-state index contributed by atoms with van der Waals surface area (Å²) in [6, 6.07) is 19.8. The zero-order valence-corrected chi connectivity index (χ0v) is 54.8. The number of ether oxygens (including phenoxy) is 5. The first-order valence-electron chi connectivity index (χ1n) is 32.4. The van der Waals surface area contributed by atoms with E-state index in [9.17, 15) is 52.7 Å². The van der Waals surface area contributed by atoms with Gasteiger partial charge < -0.3 is 86.3 Å². The topological polar surface area (TPSA) is 385 Å². The van der Waals surface area contributed by atoms with Crippen LogP contribution in [0.15, 0.2) is 91.0 Å². The van der Waals surface area contributed by atoms with Crippen molar-refractivity contribution in [3.8, 4) is 5.75 Å². The lowest BCUT2D eigenvalue weighted by Gasteiger charge is -2.31. The van der Waals surface area contributed by atoms with Crippen molar-refractivity contribution in [1.82, 2.24) is 51.6 Å². The molecule has 1 saturated heterocycles. The van der Waals surface area contributed by atoms with E-state index in [-0.39, 0.29) is 121 Å². The van der Waals surface area contributed by atoms with Crippen LogP contribution < -0.4 is 57.9 Å². The first-order valence-corrected chi connectivity index (χ1v) is 32.4. The summed E-state index contributed by atoms with van der Waals surface area (Å²) in [5.41, 5.74) is 8.97. The van der Waals surface area contributed by atoms with Crippen molar-refractivity contribution in [3.63, 3.8) is 0 Å². The van der Waals surface area contributed by atoms with Gasteiger partial charge in [-0.1, -0.05) is 38.1 Å². The van der Waals surface area contributed by atoms with E-state index in [4.69, 9.17) is 29.4 Å². The van der Waals surface area contributed by atoms with Crippen molar-refractivity contribution in [3.05, 3.63) is 108 Å². The van der Waals surface area contributed by atoms with Gasteiger partial charge in [-0.15, -0.1) is 0 Å². The third-order valence-corrected chi connectivity index (χ3v) is 16.1. The highest BCUT2D eigenvalue weighted by molar-refractivity contribution is 6.13. The standard InChI is InChI=1S/C67H86N14O16/c1-43(2)61(73-42-58(84)70-23-22-69-57(83)20-31-93-33-35-95-37-38-96-36-34-94-32-24-71-56(82)19-26-81-59(85)16-17-60(81)86)64(89)77-52(9-6-21-72-66(68)91)63(88)74-46-12-10-44(11-13-46)62(87)75-47-14-15-51-45(39-47)40-53(76-51)65(90)80-25-18-49-48-7-4-5-8-50(48)55(41-54(49)80)97-67(92)79-29-27-78(3)28-30-79/h4-5,7-8,10-17,39-41,43,52,61,73,76H,6,9,18-38,42H2,1-3H3,(H,69,83)(H,70,84)(H,71,82)(H,74,88)(H,75,87)(H,77,89)(H3,68,72,91). The van der Waals surface area contributed by atoms with Crippen LogP contribution >= 0.6 is 0 Å². The number of carbonyl (C=O) groups is 11. The third-order valence-electron chi connectivity index (χ3n) is 16.1. The van der Waals surface area contributed by atoms with Crippen LogP contribution in [0.5, 0.6) is 5.75 Å². The van der Waals surface area contributed by atoms with Gasteiger partial charge in [-0.05, 0) is 91.7 Å². The number of amides is 12. The Kier molecular flexibility index (Phi) is 27.7. The lowest BCUT2D eigenvalue weighted by molar-refractivity contribution is -0.137. The molecule has 3 aliphatic heterocycles. The van der Waals surface area contributed by atoms with Crippen LogP contribution in [0, 0.1) is 5.92 Å². The molecule has 4 heterocycles.